The first-order valence-electron chi connectivity index (χ1n) is 4.79. The van der Waals surface area contributed by atoms with Crippen molar-refractivity contribution in [1.29, 1.82) is 0 Å². The van der Waals surface area contributed by atoms with E-state index in [2.05, 4.69) is 0 Å². The zero-order chi connectivity index (χ0) is 11.1. The Hall–Kier alpha value is -0.220. The molecule has 0 saturated heterocycles. The predicted molar refractivity (Wildman–Crippen MR) is 64.6 cm³/mol. The first-order chi connectivity index (χ1) is 7.27. The van der Waals surface area contributed by atoms with Crippen molar-refractivity contribution in [3.8, 4) is 0 Å². The lowest BCUT2D eigenvalue weighted by Crippen LogP contribution is -1.91. The average Bonchev–Trinajstić information content (AvgIpc) is 2.26. The smallest absolute Gasteiger partial charge is 0.0682 e. The third-order valence-corrected chi connectivity index (χ3v) is 3.51. The summed E-state index contributed by atoms with van der Waals surface area (Å²) >= 11 is 7.77. The fourth-order valence-corrected chi connectivity index (χ4v) is 2.36. The van der Waals surface area contributed by atoms with Gasteiger partial charge < -0.3 is 9.84 Å². The average molecular weight is 247 g/mol. The van der Waals surface area contributed by atoms with Gasteiger partial charge in [-0.3, -0.25) is 0 Å². The highest BCUT2D eigenvalue weighted by atomic mass is 35.5. The van der Waals surface area contributed by atoms with E-state index in [1.54, 1.807) is 24.9 Å². The van der Waals surface area contributed by atoms with Crippen molar-refractivity contribution < 1.29 is 9.84 Å². The van der Waals surface area contributed by atoms with E-state index in [0.717, 1.165) is 29.2 Å². The second kappa shape index (κ2) is 7.12. The number of methoxy groups -OCH3 is 1. The second-order valence-electron chi connectivity index (χ2n) is 3.12. The SMILES string of the molecule is COCCCSc1ccc(CO)cc1Cl. The Balaban J connectivity index is 2.47. The number of hydrogen-bond donors (Lipinski definition) is 1. The molecule has 0 aromatic heterocycles. The minimum Gasteiger partial charge on any atom is -0.392 e. The molecule has 0 aliphatic heterocycles. The van der Waals surface area contributed by atoms with E-state index in [-0.39, 0.29) is 6.61 Å². The lowest BCUT2D eigenvalue weighted by Gasteiger charge is -2.05. The van der Waals surface area contributed by atoms with Gasteiger partial charge in [-0.15, -0.1) is 11.8 Å². The Kier molecular flexibility index (Phi) is 6.10. The summed E-state index contributed by atoms with van der Waals surface area (Å²) in [4.78, 5) is 1.06. The van der Waals surface area contributed by atoms with Gasteiger partial charge >= 0.3 is 0 Å². The molecule has 0 radical (unpaired) electrons. The molecule has 4 heteroatoms. The normalized spacial score (nSPS) is 10.6. The molecule has 1 aromatic rings. The van der Waals surface area contributed by atoms with E-state index in [1.165, 1.54) is 0 Å². The van der Waals surface area contributed by atoms with Gasteiger partial charge in [0.2, 0.25) is 0 Å². The van der Waals surface area contributed by atoms with Crippen LogP contribution in [0.4, 0.5) is 0 Å². The molecule has 1 aromatic carbocycles. The molecular weight excluding hydrogens is 232 g/mol. The van der Waals surface area contributed by atoms with Crippen molar-refractivity contribution in [3.05, 3.63) is 28.8 Å². The number of halogens is 1. The molecule has 15 heavy (non-hydrogen) atoms. The molecule has 0 aliphatic rings. The van der Waals surface area contributed by atoms with Gasteiger partial charge in [-0.05, 0) is 24.1 Å². The molecule has 1 rings (SSSR count). The molecule has 1 N–H and O–H groups in total. The number of aliphatic hydroxyl groups excluding tert-OH is 1. The summed E-state index contributed by atoms with van der Waals surface area (Å²) in [7, 11) is 1.70. The van der Waals surface area contributed by atoms with Crippen molar-refractivity contribution >= 4 is 23.4 Å². The number of aliphatic hydroxyl groups is 1. The zero-order valence-corrected chi connectivity index (χ0v) is 10.3. The zero-order valence-electron chi connectivity index (χ0n) is 8.70. The van der Waals surface area contributed by atoms with Crippen molar-refractivity contribution in [2.24, 2.45) is 0 Å². The Bertz CT molecular complexity index is 305. The Morgan fingerprint density at radius 3 is 2.87 bits per heavy atom. The van der Waals surface area contributed by atoms with Crippen molar-refractivity contribution in [2.45, 2.75) is 17.9 Å². The summed E-state index contributed by atoms with van der Waals surface area (Å²) in [6.45, 7) is 0.813. The molecule has 2 nitrogen and oxygen atoms in total. The van der Waals surface area contributed by atoms with Gasteiger partial charge in [0.25, 0.3) is 0 Å². The molecule has 0 saturated carbocycles. The number of rotatable bonds is 6. The molecule has 0 bridgehead atoms. The molecule has 0 spiro atoms. The Labute approximate surface area is 99.6 Å². The summed E-state index contributed by atoms with van der Waals surface area (Å²) in [5.74, 6) is 0.992. The van der Waals surface area contributed by atoms with Gasteiger partial charge in [0.1, 0.15) is 0 Å². The fraction of sp³-hybridized carbons (Fsp3) is 0.455. The van der Waals surface area contributed by atoms with Crippen molar-refractivity contribution in [3.63, 3.8) is 0 Å². The highest BCUT2D eigenvalue weighted by Gasteiger charge is 2.01. The van der Waals surface area contributed by atoms with E-state index in [1.807, 2.05) is 12.1 Å². The third kappa shape index (κ3) is 4.43. The number of thioether (sulfide) groups is 1. The van der Waals surface area contributed by atoms with Crippen LogP contribution in [0.5, 0.6) is 0 Å². The van der Waals surface area contributed by atoms with E-state index < -0.39 is 0 Å². The van der Waals surface area contributed by atoms with E-state index in [4.69, 9.17) is 21.4 Å². The number of benzene rings is 1. The predicted octanol–water partition coefficient (Wildman–Crippen LogP) is 2.96. The Morgan fingerprint density at radius 1 is 1.47 bits per heavy atom. The van der Waals surface area contributed by atoms with E-state index in [0.29, 0.717) is 5.02 Å². The summed E-state index contributed by atoms with van der Waals surface area (Å²) in [5.41, 5.74) is 0.848. The number of hydrogen-bond acceptors (Lipinski definition) is 3. The minimum absolute atomic E-state index is 0.0361. The maximum atomic E-state index is 8.92. The van der Waals surface area contributed by atoms with Crippen LogP contribution in [0.3, 0.4) is 0 Å². The lowest BCUT2D eigenvalue weighted by molar-refractivity contribution is 0.200. The third-order valence-electron chi connectivity index (χ3n) is 1.93. The fourth-order valence-electron chi connectivity index (χ4n) is 1.15. The molecule has 0 amide bonds. The van der Waals surface area contributed by atoms with E-state index >= 15 is 0 Å². The molecular formula is C11H15ClO2S. The van der Waals surface area contributed by atoms with Crippen LogP contribution in [-0.4, -0.2) is 24.6 Å². The van der Waals surface area contributed by atoms with Crippen LogP contribution >= 0.6 is 23.4 Å². The summed E-state index contributed by atoms with van der Waals surface area (Å²) in [6, 6.07) is 5.65. The molecule has 0 aliphatic carbocycles. The largest absolute Gasteiger partial charge is 0.392 e. The highest BCUT2D eigenvalue weighted by molar-refractivity contribution is 7.99. The summed E-state index contributed by atoms with van der Waals surface area (Å²) < 4.78 is 4.97. The first kappa shape index (κ1) is 12.8. The van der Waals surface area contributed by atoms with Crippen LogP contribution in [0.1, 0.15) is 12.0 Å². The standard InChI is InChI=1S/C11H15ClO2S/c1-14-5-2-6-15-11-4-3-9(8-13)7-10(11)12/h3-4,7,13H,2,5-6,8H2,1H3. The van der Waals surface area contributed by atoms with Crippen molar-refractivity contribution in [2.75, 3.05) is 19.5 Å². The van der Waals surface area contributed by atoms with E-state index in [9.17, 15) is 0 Å². The monoisotopic (exact) mass is 246 g/mol. The van der Waals surface area contributed by atoms with Crippen molar-refractivity contribution in [1.82, 2.24) is 0 Å². The van der Waals surface area contributed by atoms with Gasteiger partial charge in [0, 0.05) is 24.4 Å². The quantitative estimate of drug-likeness (QED) is 0.618. The van der Waals surface area contributed by atoms with Crippen LogP contribution in [-0.2, 0) is 11.3 Å². The molecule has 84 valence electrons. The molecule has 0 unspecified atom stereocenters. The lowest BCUT2D eigenvalue weighted by atomic mass is 10.2. The first-order valence-corrected chi connectivity index (χ1v) is 6.15. The maximum Gasteiger partial charge on any atom is 0.0682 e. The number of ether oxygens (including phenoxy) is 1. The van der Waals surface area contributed by atoms with Gasteiger partial charge in [-0.25, -0.2) is 0 Å². The van der Waals surface area contributed by atoms with Gasteiger partial charge in [0.05, 0.1) is 11.6 Å². The van der Waals surface area contributed by atoms with Crippen LogP contribution in [0.2, 0.25) is 5.02 Å². The van der Waals surface area contributed by atoms with Crippen LogP contribution in [0.25, 0.3) is 0 Å². The molecule has 0 atom stereocenters. The molecule has 0 heterocycles. The summed E-state index contributed by atoms with van der Waals surface area (Å²) in [6.07, 6.45) is 1.01. The molecule has 0 fully saturated rings. The van der Waals surface area contributed by atoms with Crippen LogP contribution < -0.4 is 0 Å². The summed E-state index contributed by atoms with van der Waals surface area (Å²) in [5, 5.41) is 9.63. The Morgan fingerprint density at radius 2 is 2.27 bits per heavy atom. The van der Waals surface area contributed by atoms with Crippen LogP contribution in [0.15, 0.2) is 23.1 Å². The second-order valence-corrected chi connectivity index (χ2v) is 4.66. The van der Waals surface area contributed by atoms with Gasteiger partial charge in [-0.2, -0.15) is 0 Å². The van der Waals surface area contributed by atoms with Gasteiger partial charge in [-0.1, -0.05) is 17.7 Å². The highest BCUT2D eigenvalue weighted by Crippen LogP contribution is 2.28. The maximum absolute atomic E-state index is 8.92. The van der Waals surface area contributed by atoms with Gasteiger partial charge in [0.15, 0.2) is 0 Å². The topological polar surface area (TPSA) is 29.5 Å². The minimum atomic E-state index is 0.0361. The van der Waals surface area contributed by atoms with Crippen LogP contribution in [0, 0.1) is 0 Å².